The fourth-order valence-electron chi connectivity index (χ4n) is 1.75. The third kappa shape index (κ3) is 3.06. The Balaban J connectivity index is 2.31. The molecule has 0 radical (unpaired) electrons. The molecule has 0 spiro atoms. The molecule has 2 aromatic carbocycles. The summed E-state index contributed by atoms with van der Waals surface area (Å²) < 4.78 is 27.2. The second kappa shape index (κ2) is 6.17. The molecule has 0 aliphatic rings. The van der Waals surface area contributed by atoms with Gasteiger partial charge in [-0.3, -0.25) is 4.79 Å². The van der Waals surface area contributed by atoms with Crippen LogP contribution in [0.1, 0.15) is 10.4 Å². The van der Waals surface area contributed by atoms with Gasteiger partial charge in [0.2, 0.25) is 0 Å². The van der Waals surface area contributed by atoms with Gasteiger partial charge in [-0.25, -0.2) is 8.78 Å². The predicted octanol–water partition coefficient (Wildman–Crippen LogP) is 3.86. The van der Waals surface area contributed by atoms with Gasteiger partial charge in [0.05, 0.1) is 16.9 Å². The maximum atomic E-state index is 13.6. The van der Waals surface area contributed by atoms with E-state index in [0.717, 1.165) is 0 Å². The van der Waals surface area contributed by atoms with Gasteiger partial charge in [0, 0.05) is 10.6 Å². The molecule has 0 saturated carbocycles. The zero-order valence-electron chi connectivity index (χ0n) is 10.5. The van der Waals surface area contributed by atoms with E-state index in [4.69, 9.17) is 0 Å². The Labute approximate surface area is 128 Å². The number of para-hydroxylation sites is 1. The molecule has 0 unspecified atom stereocenters. The summed E-state index contributed by atoms with van der Waals surface area (Å²) in [5.41, 5.74) is 0.790. The Hall–Kier alpha value is -1.70. The van der Waals surface area contributed by atoms with E-state index in [1.807, 2.05) is 22.6 Å². The van der Waals surface area contributed by atoms with Crippen LogP contribution in [-0.4, -0.2) is 13.0 Å². The van der Waals surface area contributed by atoms with Crippen molar-refractivity contribution in [1.82, 2.24) is 0 Å². The highest BCUT2D eigenvalue weighted by Gasteiger charge is 2.15. The molecule has 0 bridgehead atoms. The SMILES string of the molecule is CNc1c(F)cccc1C(=O)Nc1ccc(F)cc1I. The fourth-order valence-corrected chi connectivity index (χ4v) is 2.36. The van der Waals surface area contributed by atoms with Gasteiger partial charge in [0.15, 0.2) is 0 Å². The van der Waals surface area contributed by atoms with Crippen LogP contribution in [-0.2, 0) is 0 Å². The van der Waals surface area contributed by atoms with E-state index in [1.54, 1.807) is 0 Å². The molecule has 2 rings (SSSR count). The van der Waals surface area contributed by atoms with Gasteiger partial charge in [-0.05, 0) is 52.9 Å². The molecule has 0 aliphatic heterocycles. The van der Waals surface area contributed by atoms with Crippen LogP contribution < -0.4 is 10.6 Å². The second-order valence-corrected chi connectivity index (χ2v) is 5.15. The van der Waals surface area contributed by atoms with Gasteiger partial charge in [-0.1, -0.05) is 6.07 Å². The van der Waals surface area contributed by atoms with Crippen LogP contribution in [0.25, 0.3) is 0 Å². The minimum absolute atomic E-state index is 0.127. The summed E-state index contributed by atoms with van der Waals surface area (Å²) in [6.07, 6.45) is 0. The van der Waals surface area contributed by atoms with E-state index in [2.05, 4.69) is 10.6 Å². The van der Waals surface area contributed by atoms with Crippen molar-refractivity contribution < 1.29 is 13.6 Å². The molecule has 0 saturated heterocycles. The second-order valence-electron chi connectivity index (χ2n) is 3.99. The van der Waals surface area contributed by atoms with Crippen molar-refractivity contribution in [2.24, 2.45) is 0 Å². The van der Waals surface area contributed by atoms with Gasteiger partial charge in [-0.2, -0.15) is 0 Å². The van der Waals surface area contributed by atoms with Gasteiger partial charge < -0.3 is 10.6 Å². The number of carbonyl (C=O) groups excluding carboxylic acids is 1. The molecule has 3 nitrogen and oxygen atoms in total. The van der Waals surface area contributed by atoms with Gasteiger partial charge in [0.1, 0.15) is 11.6 Å². The van der Waals surface area contributed by atoms with Crippen molar-refractivity contribution in [3.63, 3.8) is 0 Å². The molecule has 20 heavy (non-hydrogen) atoms. The molecule has 6 heteroatoms. The Bertz CT molecular complexity index is 662. The molecule has 0 aliphatic carbocycles. The summed E-state index contributed by atoms with van der Waals surface area (Å²) in [4.78, 5) is 12.2. The van der Waals surface area contributed by atoms with Crippen LogP contribution >= 0.6 is 22.6 Å². The third-order valence-corrected chi connectivity index (χ3v) is 3.58. The summed E-state index contributed by atoms with van der Waals surface area (Å²) in [5, 5.41) is 5.29. The lowest BCUT2D eigenvalue weighted by Crippen LogP contribution is -2.15. The predicted molar refractivity (Wildman–Crippen MR) is 83.0 cm³/mol. The number of hydrogen-bond donors (Lipinski definition) is 2. The van der Waals surface area contributed by atoms with Crippen LogP contribution in [0.15, 0.2) is 36.4 Å². The summed E-state index contributed by atoms with van der Waals surface area (Å²) in [6, 6.07) is 8.27. The van der Waals surface area contributed by atoms with Crippen molar-refractivity contribution in [2.75, 3.05) is 17.7 Å². The molecule has 1 amide bonds. The van der Waals surface area contributed by atoms with E-state index in [9.17, 15) is 13.6 Å². The van der Waals surface area contributed by atoms with Gasteiger partial charge in [-0.15, -0.1) is 0 Å². The standard InChI is InChI=1S/C14H11F2IN2O/c1-18-13-9(3-2-4-10(13)16)14(20)19-12-6-5-8(15)7-11(12)17/h2-7,18H,1H3,(H,19,20). The first-order chi connectivity index (χ1) is 9.52. The average Bonchev–Trinajstić information content (AvgIpc) is 2.41. The van der Waals surface area contributed by atoms with E-state index < -0.39 is 11.7 Å². The number of halogens is 3. The van der Waals surface area contributed by atoms with E-state index >= 15 is 0 Å². The normalized spacial score (nSPS) is 10.2. The lowest BCUT2D eigenvalue weighted by Gasteiger charge is -2.11. The number of anilines is 2. The topological polar surface area (TPSA) is 41.1 Å². The number of hydrogen-bond acceptors (Lipinski definition) is 2. The van der Waals surface area contributed by atoms with Crippen molar-refractivity contribution >= 4 is 39.9 Å². The van der Waals surface area contributed by atoms with Crippen molar-refractivity contribution in [2.45, 2.75) is 0 Å². The zero-order chi connectivity index (χ0) is 14.7. The quantitative estimate of drug-likeness (QED) is 0.785. The maximum Gasteiger partial charge on any atom is 0.257 e. The van der Waals surface area contributed by atoms with Crippen LogP contribution in [0.2, 0.25) is 0 Å². The molecule has 0 aromatic heterocycles. The first-order valence-electron chi connectivity index (χ1n) is 5.75. The van der Waals surface area contributed by atoms with E-state index in [1.165, 1.54) is 43.4 Å². The molecule has 0 heterocycles. The minimum Gasteiger partial charge on any atom is -0.385 e. The molecule has 104 valence electrons. The minimum atomic E-state index is -0.506. The average molecular weight is 388 g/mol. The Morgan fingerprint density at radius 3 is 2.60 bits per heavy atom. The number of amides is 1. The van der Waals surface area contributed by atoms with Crippen LogP contribution in [0, 0.1) is 15.2 Å². The smallest absolute Gasteiger partial charge is 0.257 e. The summed E-state index contributed by atoms with van der Waals surface area (Å²) >= 11 is 1.92. The highest BCUT2D eigenvalue weighted by atomic mass is 127. The van der Waals surface area contributed by atoms with Gasteiger partial charge >= 0.3 is 0 Å². The Kier molecular flexibility index (Phi) is 4.53. The third-order valence-electron chi connectivity index (χ3n) is 2.69. The lowest BCUT2D eigenvalue weighted by molar-refractivity contribution is 0.102. The summed E-state index contributed by atoms with van der Waals surface area (Å²) in [7, 11) is 1.54. The van der Waals surface area contributed by atoms with Crippen molar-refractivity contribution in [3.05, 3.63) is 57.2 Å². The Morgan fingerprint density at radius 2 is 1.95 bits per heavy atom. The first kappa shape index (κ1) is 14.7. The molecule has 2 aromatic rings. The lowest BCUT2D eigenvalue weighted by atomic mass is 10.1. The van der Waals surface area contributed by atoms with E-state index in [-0.39, 0.29) is 17.1 Å². The molecule has 0 fully saturated rings. The van der Waals surface area contributed by atoms with Crippen LogP contribution in [0.3, 0.4) is 0 Å². The van der Waals surface area contributed by atoms with E-state index in [0.29, 0.717) is 9.26 Å². The first-order valence-corrected chi connectivity index (χ1v) is 6.83. The fraction of sp³-hybridized carbons (Fsp3) is 0.0714. The highest BCUT2D eigenvalue weighted by Crippen LogP contribution is 2.23. The summed E-state index contributed by atoms with van der Waals surface area (Å²) in [6.45, 7) is 0. The summed E-state index contributed by atoms with van der Waals surface area (Å²) in [5.74, 6) is -1.35. The van der Waals surface area contributed by atoms with Crippen LogP contribution in [0.5, 0.6) is 0 Å². The molecular weight excluding hydrogens is 377 g/mol. The molecule has 0 atom stereocenters. The zero-order valence-corrected chi connectivity index (χ0v) is 12.7. The van der Waals surface area contributed by atoms with Crippen LogP contribution in [0.4, 0.5) is 20.2 Å². The number of benzene rings is 2. The highest BCUT2D eigenvalue weighted by molar-refractivity contribution is 14.1. The number of nitrogens with one attached hydrogen (secondary N) is 2. The van der Waals surface area contributed by atoms with Crippen molar-refractivity contribution in [3.8, 4) is 0 Å². The van der Waals surface area contributed by atoms with Crippen molar-refractivity contribution in [1.29, 1.82) is 0 Å². The number of carbonyl (C=O) groups is 1. The maximum absolute atomic E-state index is 13.6. The molecule has 2 N–H and O–H groups in total. The monoisotopic (exact) mass is 388 g/mol. The largest absolute Gasteiger partial charge is 0.385 e. The van der Waals surface area contributed by atoms with Gasteiger partial charge in [0.25, 0.3) is 5.91 Å². The number of rotatable bonds is 3. The Morgan fingerprint density at radius 1 is 1.20 bits per heavy atom. The molecular formula is C14H11F2IN2O.